The number of likely N-dealkylation sites (N-methyl/N-ethyl adjacent to an activating group) is 1. The Kier molecular flexibility index (Phi) is 4.52. The molecule has 0 radical (unpaired) electrons. The second-order valence-electron chi connectivity index (χ2n) is 6.07. The summed E-state index contributed by atoms with van der Waals surface area (Å²) in [5, 5.41) is 12.2. The highest BCUT2D eigenvalue weighted by Crippen LogP contribution is 2.40. The van der Waals surface area contributed by atoms with Gasteiger partial charge in [-0.05, 0) is 26.3 Å². The molecular weight excluding hydrogens is 256 g/mol. The number of hydrogen-bond acceptors (Lipinski definition) is 4. The fourth-order valence-corrected chi connectivity index (χ4v) is 3.53. The molecule has 0 aromatic heterocycles. The maximum atomic E-state index is 12.9. The van der Waals surface area contributed by atoms with Crippen LogP contribution in [0.1, 0.15) is 39.0 Å². The molecule has 2 rings (SSSR count). The van der Waals surface area contributed by atoms with Crippen molar-refractivity contribution in [3.05, 3.63) is 0 Å². The molecule has 0 aromatic rings. The Morgan fingerprint density at radius 2 is 2.05 bits per heavy atom. The van der Waals surface area contributed by atoms with Crippen LogP contribution < -0.4 is 5.73 Å². The van der Waals surface area contributed by atoms with E-state index < -0.39 is 5.41 Å². The molecule has 2 aliphatic rings. The molecule has 0 spiro atoms. The van der Waals surface area contributed by atoms with Crippen LogP contribution in [0.5, 0.6) is 0 Å². The minimum Gasteiger partial charge on any atom is -0.409 e. The van der Waals surface area contributed by atoms with E-state index in [4.69, 9.17) is 10.9 Å². The number of amides is 1. The number of hydrogen-bond donors (Lipinski definition) is 2. The lowest BCUT2D eigenvalue weighted by Gasteiger charge is -2.42. The molecule has 6 nitrogen and oxygen atoms in total. The summed E-state index contributed by atoms with van der Waals surface area (Å²) >= 11 is 0. The van der Waals surface area contributed by atoms with Gasteiger partial charge in [0.25, 0.3) is 0 Å². The van der Waals surface area contributed by atoms with E-state index in [1.165, 1.54) is 0 Å². The molecular formula is C14H26N4O2. The summed E-state index contributed by atoms with van der Waals surface area (Å²) in [6.07, 6.45) is 4.35. The lowest BCUT2D eigenvalue weighted by atomic mass is 9.82. The van der Waals surface area contributed by atoms with Gasteiger partial charge >= 0.3 is 0 Å². The van der Waals surface area contributed by atoms with E-state index in [9.17, 15) is 4.79 Å². The quantitative estimate of drug-likeness (QED) is 0.348. The molecule has 3 N–H and O–H groups in total. The average molecular weight is 282 g/mol. The molecule has 1 atom stereocenters. The van der Waals surface area contributed by atoms with Crippen LogP contribution in [0.4, 0.5) is 0 Å². The van der Waals surface area contributed by atoms with Gasteiger partial charge < -0.3 is 15.8 Å². The van der Waals surface area contributed by atoms with Gasteiger partial charge in [0.2, 0.25) is 5.91 Å². The van der Waals surface area contributed by atoms with Crippen LogP contribution in [-0.4, -0.2) is 59.5 Å². The zero-order chi connectivity index (χ0) is 14.8. The highest BCUT2D eigenvalue weighted by molar-refractivity contribution is 6.07. The standard InChI is InChI=1S/C14H26N4O2/c1-3-11-10-18(9-8-17(11)2)13(19)14(12(15)16-20)6-4-5-7-14/h11,20H,3-10H2,1-2H3,(H2,15,16). The van der Waals surface area contributed by atoms with Crippen molar-refractivity contribution in [2.24, 2.45) is 16.3 Å². The Hall–Kier alpha value is -1.30. The van der Waals surface area contributed by atoms with Crippen molar-refractivity contribution in [1.82, 2.24) is 9.80 Å². The van der Waals surface area contributed by atoms with Crippen molar-refractivity contribution in [3.8, 4) is 0 Å². The van der Waals surface area contributed by atoms with Gasteiger partial charge in [-0.15, -0.1) is 0 Å². The van der Waals surface area contributed by atoms with Crippen LogP contribution in [0, 0.1) is 5.41 Å². The Morgan fingerprint density at radius 1 is 1.40 bits per heavy atom. The van der Waals surface area contributed by atoms with E-state index >= 15 is 0 Å². The molecule has 0 bridgehead atoms. The van der Waals surface area contributed by atoms with E-state index in [2.05, 4.69) is 24.0 Å². The summed E-state index contributed by atoms with van der Waals surface area (Å²) in [4.78, 5) is 17.1. The third kappa shape index (κ3) is 2.49. The summed E-state index contributed by atoms with van der Waals surface area (Å²) in [7, 11) is 2.10. The number of carbonyl (C=O) groups excluding carboxylic acids is 1. The molecule has 1 saturated heterocycles. The summed E-state index contributed by atoms with van der Waals surface area (Å²) in [5.41, 5.74) is 5.10. The summed E-state index contributed by atoms with van der Waals surface area (Å²) < 4.78 is 0. The number of piperazine rings is 1. The van der Waals surface area contributed by atoms with Crippen LogP contribution in [0.15, 0.2) is 5.16 Å². The highest BCUT2D eigenvalue weighted by Gasteiger charge is 2.48. The van der Waals surface area contributed by atoms with Crippen LogP contribution in [0.3, 0.4) is 0 Å². The van der Waals surface area contributed by atoms with Crippen molar-refractivity contribution in [1.29, 1.82) is 0 Å². The molecule has 1 heterocycles. The Morgan fingerprint density at radius 3 is 2.60 bits per heavy atom. The van der Waals surface area contributed by atoms with Gasteiger partial charge in [-0.1, -0.05) is 24.9 Å². The minimum absolute atomic E-state index is 0.0526. The van der Waals surface area contributed by atoms with Gasteiger partial charge in [0.05, 0.1) is 0 Å². The molecule has 1 saturated carbocycles. The second kappa shape index (κ2) is 5.99. The maximum Gasteiger partial charge on any atom is 0.236 e. The minimum atomic E-state index is -0.761. The third-order valence-electron chi connectivity index (χ3n) is 5.00. The van der Waals surface area contributed by atoms with E-state index in [1.54, 1.807) is 0 Å². The Bertz CT molecular complexity index is 391. The zero-order valence-corrected chi connectivity index (χ0v) is 12.5. The summed E-state index contributed by atoms with van der Waals surface area (Å²) in [5.74, 6) is 0.142. The summed E-state index contributed by atoms with van der Waals surface area (Å²) in [6.45, 7) is 4.50. The van der Waals surface area contributed by atoms with E-state index in [0.29, 0.717) is 18.9 Å². The largest absolute Gasteiger partial charge is 0.409 e. The molecule has 114 valence electrons. The number of nitrogens with zero attached hydrogens (tertiary/aromatic N) is 3. The van der Waals surface area contributed by atoms with Crippen molar-refractivity contribution in [2.75, 3.05) is 26.7 Å². The molecule has 1 aliphatic carbocycles. The normalized spacial score (nSPS) is 27.8. The number of rotatable bonds is 3. The predicted octanol–water partition coefficient (Wildman–Crippen LogP) is 0.846. The monoisotopic (exact) mass is 282 g/mol. The average Bonchev–Trinajstić information content (AvgIpc) is 2.97. The Labute approximate surface area is 120 Å². The van der Waals surface area contributed by atoms with Gasteiger partial charge in [0.15, 0.2) is 5.84 Å². The zero-order valence-electron chi connectivity index (χ0n) is 12.5. The van der Waals surface area contributed by atoms with Gasteiger partial charge in [0, 0.05) is 25.7 Å². The molecule has 1 unspecified atom stereocenters. The van der Waals surface area contributed by atoms with Gasteiger partial charge in [0.1, 0.15) is 5.41 Å². The number of amidine groups is 1. The molecule has 1 aliphatic heterocycles. The first-order valence-corrected chi connectivity index (χ1v) is 7.52. The molecule has 2 fully saturated rings. The van der Waals surface area contributed by atoms with Crippen molar-refractivity contribution in [3.63, 3.8) is 0 Å². The van der Waals surface area contributed by atoms with Crippen LogP contribution >= 0.6 is 0 Å². The number of carbonyl (C=O) groups is 1. The smallest absolute Gasteiger partial charge is 0.236 e. The molecule has 20 heavy (non-hydrogen) atoms. The van der Waals surface area contributed by atoms with Gasteiger partial charge in [-0.25, -0.2) is 0 Å². The fourth-order valence-electron chi connectivity index (χ4n) is 3.53. The first-order chi connectivity index (χ1) is 9.55. The number of nitrogens with two attached hydrogens (primary N) is 1. The summed E-state index contributed by atoms with van der Waals surface area (Å²) in [6, 6.07) is 0.401. The first kappa shape index (κ1) is 15.1. The highest BCUT2D eigenvalue weighted by atomic mass is 16.4. The van der Waals surface area contributed by atoms with E-state index in [-0.39, 0.29) is 11.7 Å². The van der Waals surface area contributed by atoms with Crippen LogP contribution in [0.25, 0.3) is 0 Å². The van der Waals surface area contributed by atoms with Crippen molar-refractivity contribution < 1.29 is 10.0 Å². The van der Waals surface area contributed by atoms with Gasteiger partial charge in [-0.2, -0.15) is 0 Å². The fraction of sp³-hybridized carbons (Fsp3) is 0.857. The maximum absolute atomic E-state index is 12.9. The lowest BCUT2D eigenvalue weighted by molar-refractivity contribution is -0.141. The number of oxime groups is 1. The topological polar surface area (TPSA) is 82.2 Å². The third-order valence-corrected chi connectivity index (χ3v) is 5.00. The van der Waals surface area contributed by atoms with E-state index in [0.717, 1.165) is 38.9 Å². The molecule has 0 aromatic carbocycles. The second-order valence-corrected chi connectivity index (χ2v) is 6.07. The van der Waals surface area contributed by atoms with Crippen molar-refractivity contribution >= 4 is 11.7 Å². The Balaban J connectivity index is 2.17. The van der Waals surface area contributed by atoms with Crippen LogP contribution in [-0.2, 0) is 4.79 Å². The first-order valence-electron chi connectivity index (χ1n) is 7.52. The van der Waals surface area contributed by atoms with Crippen LogP contribution in [0.2, 0.25) is 0 Å². The van der Waals surface area contributed by atoms with E-state index in [1.807, 2.05) is 4.90 Å². The predicted molar refractivity (Wildman–Crippen MR) is 77.6 cm³/mol. The van der Waals surface area contributed by atoms with Crippen molar-refractivity contribution in [2.45, 2.75) is 45.1 Å². The SMILES string of the molecule is CCC1CN(C(=O)C2(C(N)=NO)CCCC2)CCN1C. The van der Waals surface area contributed by atoms with Gasteiger partial charge in [-0.3, -0.25) is 9.69 Å². The lowest BCUT2D eigenvalue weighted by Crippen LogP contribution is -2.58. The molecule has 1 amide bonds. The molecule has 6 heteroatoms.